The third kappa shape index (κ3) is 4.03. The van der Waals surface area contributed by atoms with Gasteiger partial charge in [-0.3, -0.25) is 5.43 Å². The fraction of sp³-hybridized carbons (Fsp3) is 0.0588. The molecule has 10 nitrogen and oxygen atoms in total. The largest absolute Gasteiger partial charge is 0.444 e. The van der Waals surface area contributed by atoms with Crippen molar-refractivity contribution in [2.24, 2.45) is 5.10 Å². The molecule has 0 spiro atoms. The Morgan fingerprint density at radius 2 is 2.10 bits per heavy atom. The topological polar surface area (TPSA) is 139 Å². The van der Waals surface area contributed by atoms with Crippen LogP contribution in [0.3, 0.4) is 0 Å². The average Bonchev–Trinajstić information content (AvgIpc) is 3.28. The summed E-state index contributed by atoms with van der Waals surface area (Å²) in [5.74, 6) is 0.560. The van der Waals surface area contributed by atoms with E-state index < -0.39 is 14.7 Å². The molecule has 29 heavy (non-hydrogen) atoms. The van der Waals surface area contributed by atoms with Gasteiger partial charge in [-0.15, -0.1) is 0 Å². The molecule has 3 aromatic heterocycles. The molecule has 0 radical (unpaired) electrons. The number of hydrazone groups is 1. The van der Waals surface area contributed by atoms with Crippen LogP contribution in [-0.2, 0) is 9.63 Å². The quantitative estimate of drug-likeness (QED) is 0.321. The summed E-state index contributed by atoms with van der Waals surface area (Å²) >= 11 is 6.05. The standard InChI is InChI=1S/C17H15ClN6O4S/c1-29(25,26,27)15-6-5-13(28-15)8-21-23-16-14-9-22-24(17(14)20-10-19-16)12-4-2-3-11(18)7-12/h2-10H,1H3,(H,19,20,23)(H2,25,26,27)/b21-8+. The van der Waals surface area contributed by atoms with E-state index in [-0.39, 0.29) is 5.76 Å². The monoisotopic (exact) mass is 434 g/mol. The molecule has 0 aliphatic carbocycles. The van der Waals surface area contributed by atoms with Crippen LogP contribution in [0.2, 0.25) is 5.02 Å². The van der Waals surface area contributed by atoms with E-state index in [0.717, 1.165) is 11.9 Å². The van der Waals surface area contributed by atoms with Crippen molar-refractivity contribution in [2.45, 2.75) is 5.09 Å². The lowest BCUT2D eigenvalue weighted by Gasteiger charge is -2.21. The van der Waals surface area contributed by atoms with Gasteiger partial charge in [0.15, 0.2) is 11.5 Å². The van der Waals surface area contributed by atoms with E-state index >= 15 is 0 Å². The predicted molar refractivity (Wildman–Crippen MR) is 109 cm³/mol. The summed E-state index contributed by atoms with van der Waals surface area (Å²) in [7, 11) is -4.94. The van der Waals surface area contributed by atoms with E-state index in [4.69, 9.17) is 16.0 Å². The Balaban J connectivity index is 1.60. The molecule has 4 aromatic rings. The fourth-order valence-corrected chi connectivity index (χ4v) is 3.40. The number of fused-ring (bicyclic) bond motifs is 1. The molecule has 4 rings (SSSR count). The minimum Gasteiger partial charge on any atom is -0.444 e. The molecule has 0 amide bonds. The zero-order valence-corrected chi connectivity index (χ0v) is 16.5. The molecule has 150 valence electrons. The Morgan fingerprint density at radius 3 is 2.83 bits per heavy atom. The van der Waals surface area contributed by atoms with Crippen LogP contribution in [-0.4, -0.2) is 45.5 Å². The highest BCUT2D eigenvalue weighted by Crippen LogP contribution is 2.27. The normalized spacial score (nSPS) is 13.6. The predicted octanol–water partition coefficient (Wildman–Crippen LogP) is 3.26. The minimum atomic E-state index is -4.94. The van der Waals surface area contributed by atoms with Crippen LogP contribution in [0.4, 0.5) is 5.82 Å². The lowest BCUT2D eigenvalue weighted by molar-refractivity contribution is 0.346. The first-order valence-corrected chi connectivity index (χ1v) is 10.8. The van der Waals surface area contributed by atoms with E-state index in [1.807, 2.05) is 12.1 Å². The molecular weight excluding hydrogens is 420 g/mol. The van der Waals surface area contributed by atoms with Crippen LogP contribution in [0.15, 0.2) is 63.5 Å². The van der Waals surface area contributed by atoms with Gasteiger partial charge in [0, 0.05) is 11.3 Å². The van der Waals surface area contributed by atoms with Crippen molar-refractivity contribution < 1.29 is 17.7 Å². The second-order valence-electron chi connectivity index (χ2n) is 6.26. The van der Waals surface area contributed by atoms with E-state index in [9.17, 15) is 13.3 Å². The Bertz CT molecular complexity index is 1300. The molecule has 0 bridgehead atoms. The molecule has 1 aromatic carbocycles. The Labute approximate surface area is 169 Å². The second-order valence-corrected chi connectivity index (χ2v) is 9.56. The van der Waals surface area contributed by atoms with Gasteiger partial charge in [0.05, 0.1) is 23.5 Å². The first kappa shape index (κ1) is 19.2. The Kier molecular flexibility index (Phi) is 4.46. The summed E-state index contributed by atoms with van der Waals surface area (Å²) in [5.41, 5.74) is 4.05. The number of halogens is 1. The first-order chi connectivity index (χ1) is 13.7. The van der Waals surface area contributed by atoms with Crippen molar-refractivity contribution in [3.63, 3.8) is 0 Å². The highest BCUT2D eigenvalue weighted by molar-refractivity contribution is 8.09. The van der Waals surface area contributed by atoms with Crippen molar-refractivity contribution in [3.8, 4) is 5.69 Å². The molecule has 0 aliphatic rings. The fourth-order valence-electron chi connectivity index (χ4n) is 2.54. The summed E-state index contributed by atoms with van der Waals surface area (Å²) in [6.45, 7) is 0. The highest BCUT2D eigenvalue weighted by atomic mass is 35.5. The smallest absolute Gasteiger partial charge is 0.214 e. The Hall–Kier alpha value is -3.12. The number of benzene rings is 1. The third-order valence-electron chi connectivity index (χ3n) is 3.85. The number of aromatic nitrogens is 4. The van der Waals surface area contributed by atoms with Gasteiger partial charge in [0.25, 0.3) is 0 Å². The number of hydrogen-bond acceptors (Lipinski definition) is 7. The maximum Gasteiger partial charge on any atom is 0.214 e. The summed E-state index contributed by atoms with van der Waals surface area (Å²) in [4.78, 5) is 8.41. The molecule has 0 fully saturated rings. The minimum absolute atomic E-state index is 0.163. The summed E-state index contributed by atoms with van der Waals surface area (Å²) < 4.78 is 37.5. The van der Waals surface area contributed by atoms with Crippen LogP contribution in [0.25, 0.3) is 16.7 Å². The summed E-state index contributed by atoms with van der Waals surface area (Å²) in [6.07, 6.45) is 5.01. The van der Waals surface area contributed by atoms with E-state index in [1.165, 1.54) is 24.7 Å². The molecule has 3 heterocycles. The lowest BCUT2D eigenvalue weighted by Crippen LogP contribution is -2.28. The molecule has 0 saturated carbocycles. The number of hydrogen-bond donors (Lipinski definition) is 3. The maximum absolute atomic E-state index is 11.7. The van der Waals surface area contributed by atoms with Gasteiger partial charge in [-0.05, 0) is 30.3 Å². The Morgan fingerprint density at radius 1 is 1.28 bits per heavy atom. The van der Waals surface area contributed by atoms with Crippen LogP contribution in [0.5, 0.6) is 0 Å². The molecule has 0 aliphatic heterocycles. The maximum atomic E-state index is 11.7. The summed E-state index contributed by atoms with van der Waals surface area (Å²) in [5, 5.41) is 9.08. The molecule has 0 saturated heterocycles. The van der Waals surface area contributed by atoms with Crippen molar-refractivity contribution in [1.29, 1.82) is 0 Å². The van der Waals surface area contributed by atoms with Crippen LogP contribution >= 0.6 is 11.6 Å². The van der Waals surface area contributed by atoms with Gasteiger partial charge < -0.3 is 13.5 Å². The zero-order valence-electron chi connectivity index (χ0n) is 14.9. The number of furan rings is 1. The van der Waals surface area contributed by atoms with E-state index in [2.05, 4.69) is 25.6 Å². The van der Waals surface area contributed by atoms with Gasteiger partial charge in [-0.2, -0.15) is 10.2 Å². The van der Waals surface area contributed by atoms with E-state index in [1.54, 1.807) is 23.0 Å². The average molecular weight is 435 g/mol. The highest BCUT2D eigenvalue weighted by Gasteiger charge is 2.29. The molecule has 0 atom stereocenters. The van der Waals surface area contributed by atoms with Crippen molar-refractivity contribution in [3.05, 3.63) is 59.7 Å². The van der Waals surface area contributed by atoms with Crippen LogP contribution < -0.4 is 5.43 Å². The number of rotatable bonds is 5. The molecule has 3 N–H and O–H groups in total. The van der Waals surface area contributed by atoms with Crippen molar-refractivity contribution >= 4 is 44.3 Å². The van der Waals surface area contributed by atoms with Gasteiger partial charge >= 0.3 is 0 Å². The van der Waals surface area contributed by atoms with E-state index in [0.29, 0.717) is 21.9 Å². The first-order valence-electron chi connectivity index (χ1n) is 8.15. The van der Waals surface area contributed by atoms with Gasteiger partial charge in [-0.1, -0.05) is 17.7 Å². The number of anilines is 1. The number of nitrogens with zero attached hydrogens (tertiary/aromatic N) is 5. The summed E-state index contributed by atoms with van der Waals surface area (Å²) in [6, 6.07) is 9.79. The van der Waals surface area contributed by atoms with Gasteiger partial charge in [0.2, 0.25) is 5.09 Å². The second kappa shape index (κ2) is 6.74. The number of nitrogens with one attached hydrogen (secondary N) is 1. The van der Waals surface area contributed by atoms with Crippen molar-refractivity contribution in [2.75, 3.05) is 11.7 Å². The third-order valence-corrected chi connectivity index (χ3v) is 5.23. The van der Waals surface area contributed by atoms with Crippen molar-refractivity contribution in [1.82, 2.24) is 19.7 Å². The van der Waals surface area contributed by atoms with Crippen LogP contribution in [0, 0.1) is 0 Å². The lowest BCUT2D eigenvalue weighted by atomic mass is 10.3. The molecule has 12 heteroatoms. The van der Waals surface area contributed by atoms with Gasteiger partial charge in [-0.25, -0.2) is 18.9 Å². The molecular formula is C17H15ClN6O4S. The zero-order chi connectivity index (χ0) is 20.7. The van der Waals surface area contributed by atoms with Gasteiger partial charge in [0.1, 0.15) is 21.7 Å². The van der Waals surface area contributed by atoms with Crippen LogP contribution in [0.1, 0.15) is 5.76 Å². The molecule has 0 unspecified atom stereocenters. The SMILES string of the molecule is CS(=O)(O)(O)c1ccc(/C=N/Nc2ncnc3c2cnn3-c2cccc(Cl)c2)o1.